The molecular weight excluding hydrogens is 444 g/mol. The zero-order valence-electron chi connectivity index (χ0n) is 18.9. The van der Waals surface area contributed by atoms with Crippen molar-refractivity contribution in [3.63, 3.8) is 0 Å². The van der Waals surface area contributed by atoms with Gasteiger partial charge >= 0.3 is 5.97 Å². The summed E-state index contributed by atoms with van der Waals surface area (Å²) in [5.41, 5.74) is 7.58. The van der Waals surface area contributed by atoms with Gasteiger partial charge in [-0.1, -0.05) is 66.7 Å². The minimum atomic E-state index is -0.388. The zero-order chi connectivity index (χ0) is 23.8. The van der Waals surface area contributed by atoms with Gasteiger partial charge < -0.3 is 10.2 Å². The number of aryl methyl sites for hydroxylation is 1. The van der Waals surface area contributed by atoms with Crippen molar-refractivity contribution in [2.75, 3.05) is 12.5 Å². The van der Waals surface area contributed by atoms with Crippen LogP contribution in [0.1, 0.15) is 32.8 Å². The molecule has 1 aromatic heterocycles. The minimum Gasteiger partial charge on any atom is -0.343 e. The Morgan fingerprint density at radius 2 is 1.62 bits per heavy atom. The van der Waals surface area contributed by atoms with E-state index in [1.807, 2.05) is 37.4 Å². The normalized spacial score (nSPS) is 10.6. The van der Waals surface area contributed by atoms with E-state index < -0.39 is 0 Å². The molecule has 0 spiro atoms. The first-order valence-corrected chi connectivity index (χ1v) is 12.0. The van der Waals surface area contributed by atoms with Gasteiger partial charge in [0.05, 0.1) is 12.1 Å². The van der Waals surface area contributed by atoms with E-state index in [0.717, 1.165) is 17.7 Å². The topological polar surface area (TPSA) is 67.4 Å². The summed E-state index contributed by atoms with van der Waals surface area (Å²) in [6.45, 7) is 0.865. The van der Waals surface area contributed by atoms with Crippen molar-refractivity contribution >= 4 is 28.8 Å². The van der Waals surface area contributed by atoms with Gasteiger partial charge in [-0.3, -0.25) is 4.79 Å². The average Bonchev–Trinajstić information content (AvgIpc) is 3.35. The second-order valence-corrected chi connectivity index (χ2v) is 8.84. The molecule has 4 rings (SSSR count). The number of hydrogen-bond donors (Lipinski definition) is 2. The quantitative estimate of drug-likeness (QED) is 0.224. The Bertz CT molecular complexity index is 1250. The summed E-state index contributed by atoms with van der Waals surface area (Å²) in [7, 11) is 1.94. The van der Waals surface area contributed by atoms with Crippen molar-refractivity contribution in [1.29, 1.82) is 0 Å². The van der Waals surface area contributed by atoms with E-state index in [9.17, 15) is 9.59 Å². The maximum absolute atomic E-state index is 12.8. The zero-order valence-corrected chi connectivity index (χ0v) is 19.7. The van der Waals surface area contributed by atoms with Crippen LogP contribution >= 0.6 is 11.3 Å². The Hall–Kier alpha value is -3.74. The maximum Gasteiger partial charge on any atom is 0.332 e. The Labute approximate surface area is 203 Å². The van der Waals surface area contributed by atoms with Gasteiger partial charge in [-0.05, 0) is 53.7 Å². The van der Waals surface area contributed by atoms with E-state index in [2.05, 4.69) is 34.4 Å². The maximum atomic E-state index is 12.8. The predicted molar refractivity (Wildman–Crippen MR) is 137 cm³/mol. The van der Waals surface area contributed by atoms with Gasteiger partial charge in [-0.25, -0.2) is 10.3 Å². The van der Waals surface area contributed by atoms with Crippen LogP contribution in [0.25, 0.3) is 11.1 Å². The first-order valence-electron chi connectivity index (χ1n) is 11.1. The number of benzene rings is 3. The van der Waals surface area contributed by atoms with Gasteiger partial charge in [0, 0.05) is 22.5 Å². The summed E-state index contributed by atoms with van der Waals surface area (Å²) in [4.78, 5) is 31.7. The SMILES string of the molecule is CNCc1cc(-c2ccc(CCC(=O)ONc3ccccc3C(=O)c3ccccc3)cc2)cs1. The first kappa shape index (κ1) is 23.4. The standard InChI is InChI=1S/C28H26N2O3S/c1-29-18-24-17-23(19-34-24)21-14-11-20(12-15-21)13-16-27(31)33-30-26-10-6-5-9-25(26)28(32)22-7-3-2-4-8-22/h2-12,14-15,17,19,29-30H,13,16,18H2,1H3. The summed E-state index contributed by atoms with van der Waals surface area (Å²) in [5, 5.41) is 5.32. The number of thiophene rings is 1. The highest BCUT2D eigenvalue weighted by Crippen LogP contribution is 2.26. The minimum absolute atomic E-state index is 0.136. The van der Waals surface area contributed by atoms with Crippen molar-refractivity contribution in [3.8, 4) is 11.1 Å². The molecule has 0 radical (unpaired) electrons. The molecule has 172 valence electrons. The third-order valence-electron chi connectivity index (χ3n) is 5.39. The van der Waals surface area contributed by atoms with Crippen molar-refractivity contribution in [3.05, 3.63) is 112 Å². The molecule has 1 heterocycles. The Morgan fingerprint density at radius 1 is 0.882 bits per heavy atom. The molecule has 0 unspecified atom stereocenters. The summed E-state index contributed by atoms with van der Waals surface area (Å²) < 4.78 is 0. The lowest BCUT2D eigenvalue weighted by Crippen LogP contribution is -2.14. The number of para-hydroxylation sites is 1. The average molecular weight is 471 g/mol. The third kappa shape index (κ3) is 5.98. The lowest BCUT2D eigenvalue weighted by atomic mass is 10.0. The van der Waals surface area contributed by atoms with Gasteiger partial charge in [0.15, 0.2) is 5.78 Å². The fraction of sp³-hybridized carbons (Fsp3) is 0.143. The summed E-state index contributed by atoms with van der Waals surface area (Å²) in [6, 6.07) is 26.4. The summed E-state index contributed by atoms with van der Waals surface area (Å²) >= 11 is 1.74. The van der Waals surface area contributed by atoms with Crippen molar-refractivity contribution in [1.82, 2.24) is 5.32 Å². The van der Waals surface area contributed by atoms with Crippen LogP contribution in [0.5, 0.6) is 0 Å². The van der Waals surface area contributed by atoms with Crippen LogP contribution in [0.3, 0.4) is 0 Å². The van der Waals surface area contributed by atoms with E-state index in [0.29, 0.717) is 23.2 Å². The highest BCUT2D eigenvalue weighted by molar-refractivity contribution is 7.10. The Balaban J connectivity index is 1.31. The van der Waals surface area contributed by atoms with Crippen molar-refractivity contribution in [2.45, 2.75) is 19.4 Å². The van der Waals surface area contributed by atoms with Crippen LogP contribution in [0.15, 0.2) is 90.3 Å². The van der Waals surface area contributed by atoms with E-state index in [1.54, 1.807) is 47.7 Å². The predicted octanol–water partition coefficient (Wildman–Crippen LogP) is 5.87. The molecule has 0 amide bonds. The van der Waals surface area contributed by atoms with Crippen molar-refractivity contribution in [2.24, 2.45) is 0 Å². The molecule has 5 nitrogen and oxygen atoms in total. The number of anilines is 1. The third-order valence-corrected chi connectivity index (χ3v) is 6.33. The van der Waals surface area contributed by atoms with E-state index in [-0.39, 0.29) is 18.2 Å². The van der Waals surface area contributed by atoms with Gasteiger partial charge in [0.25, 0.3) is 0 Å². The molecule has 4 aromatic rings. The molecule has 34 heavy (non-hydrogen) atoms. The molecule has 0 bridgehead atoms. The van der Waals surface area contributed by atoms with Crippen LogP contribution < -0.4 is 10.8 Å². The fourth-order valence-electron chi connectivity index (χ4n) is 3.59. The van der Waals surface area contributed by atoms with Gasteiger partial charge in [0.1, 0.15) is 0 Å². The van der Waals surface area contributed by atoms with Gasteiger partial charge in [-0.2, -0.15) is 0 Å². The van der Waals surface area contributed by atoms with Crippen LogP contribution in [0, 0.1) is 0 Å². The fourth-order valence-corrected chi connectivity index (χ4v) is 4.49. The highest BCUT2D eigenvalue weighted by Gasteiger charge is 2.14. The number of ketones is 1. The molecule has 0 aliphatic heterocycles. The molecule has 0 fully saturated rings. The molecule has 0 aliphatic carbocycles. The molecule has 2 N–H and O–H groups in total. The largest absolute Gasteiger partial charge is 0.343 e. The highest BCUT2D eigenvalue weighted by atomic mass is 32.1. The lowest BCUT2D eigenvalue weighted by molar-refractivity contribution is -0.140. The van der Waals surface area contributed by atoms with E-state index in [1.165, 1.54) is 10.4 Å². The molecule has 0 saturated heterocycles. The van der Waals surface area contributed by atoms with Crippen LogP contribution in [-0.4, -0.2) is 18.8 Å². The van der Waals surface area contributed by atoms with Crippen LogP contribution in [-0.2, 0) is 22.6 Å². The molecule has 0 saturated carbocycles. The summed E-state index contributed by atoms with van der Waals surface area (Å²) in [6.07, 6.45) is 0.798. The molecule has 6 heteroatoms. The molecule has 3 aromatic carbocycles. The number of carbonyl (C=O) groups is 2. The van der Waals surface area contributed by atoms with Crippen LogP contribution in [0.4, 0.5) is 5.69 Å². The molecule has 0 aliphatic rings. The smallest absolute Gasteiger partial charge is 0.332 e. The molecule has 0 atom stereocenters. The van der Waals surface area contributed by atoms with Crippen molar-refractivity contribution < 1.29 is 14.4 Å². The van der Waals surface area contributed by atoms with Gasteiger partial charge in [-0.15, -0.1) is 11.3 Å². The lowest BCUT2D eigenvalue weighted by Gasteiger charge is -2.11. The number of hydrogen-bond acceptors (Lipinski definition) is 6. The van der Waals surface area contributed by atoms with Crippen LogP contribution in [0.2, 0.25) is 0 Å². The first-order chi connectivity index (χ1) is 16.6. The summed E-state index contributed by atoms with van der Waals surface area (Å²) in [5.74, 6) is -0.524. The molecular formula is C28H26N2O3S. The Morgan fingerprint density at radius 3 is 2.38 bits per heavy atom. The van der Waals surface area contributed by atoms with E-state index >= 15 is 0 Å². The Kier molecular flexibility index (Phi) is 7.86. The number of nitrogens with one attached hydrogen (secondary N) is 2. The number of rotatable bonds is 10. The second-order valence-electron chi connectivity index (χ2n) is 7.85. The van der Waals surface area contributed by atoms with Gasteiger partial charge in [0.2, 0.25) is 0 Å². The monoisotopic (exact) mass is 470 g/mol. The second kappa shape index (κ2) is 11.4. The van der Waals surface area contributed by atoms with E-state index in [4.69, 9.17) is 4.84 Å². The number of carbonyl (C=O) groups excluding carboxylic acids is 2.